The zero-order chi connectivity index (χ0) is 44.3. The summed E-state index contributed by atoms with van der Waals surface area (Å²) in [5.41, 5.74) is 10.9. The molecule has 1 aliphatic heterocycles. The third-order valence-electron chi connectivity index (χ3n) is 13.7. The third kappa shape index (κ3) is 5.15. The Morgan fingerprint density at radius 1 is 0.485 bits per heavy atom. The number of nitrogens with zero attached hydrogens (tertiary/aromatic N) is 3. The van der Waals surface area contributed by atoms with Crippen molar-refractivity contribution in [3.63, 3.8) is 0 Å². The fourth-order valence-corrected chi connectivity index (χ4v) is 11.1. The van der Waals surface area contributed by atoms with Crippen LogP contribution in [0.3, 0.4) is 0 Å². The highest BCUT2D eigenvalue weighted by Crippen LogP contribution is 2.66. The Labute approximate surface area is 377 Å². The van der Waals surface area contributed by atoms with Crippen molar-refractivity contribution in [3.8, 4) is 17.2 Å². The number of nitriles is 1. The molecule has 7 heteroatoms. The highest BCUT2D eigenvalue weighted by Gasteiger charge is 2.53. The number of hydrogen-bond acceptors (Lipinski definition) is 4. The predicted octanol–water partition coefficient (Wildman–Crippen LogP) is 16.4. The van der Waals surface area contributed by atoms with Crippen LogP contribution in [0.5, 0.6) is 0 Å². The summed E-state index contributed by atoms with van der Waals surface area (Å²) < 4.78 is 50.3. The van der Waals surface area contributed by atoms with Gasteiger partial charge in [-0.2, -0.15) is 18.4 Å². The van der Waals surface area contributed by atoms with Gasteiger partial charge in [0.25, 0.3) is 0 Å². The molecule has 0 saturated carbocycles. The molecule has 2 aliphatic rings. The second-order valence-electron chi connectivity index (χ2n) is 17.0. The molecule has 0 unspecified atom stereocenters. The van der Waals surface area contributed by atoms with Gasteiger partial charge in [0.1, 0.15) is 5.58 Å². The summed E-state index contributed by atoms with van der Waals surface area (Å²) >= 11 is 0. The number of hydrogen-bond donors (Lipinski definition) is 0. The molecule has 0 bridgehead atoms. The topological polar surface area (TPSA) is 43.4 Å². The zero-order valence-corrected chi connectivity index (χ0v) is 35.0. The summed E-state index contributed by atoms with van der Waals surface area (Å²) in [5.74, 6) is 0. The summed E-state index contributed by atoms with van der Waals surface area (Å²) in [7, 11) is 0. The lowest BCUT2D eigenvalue weighted by molar-refractivity contribution is -0.136. The number of furan rings is 1. The first-order valence-corrected chi connectivity index (χ1v) is 21.8. The number of anilines is 6. The van der Waals surface area contributed by atoms with Crippen LogP contribution in [-0.2, 0) is 11.6 Å². The SMILES string of the molecule is N#Cc1ccc(N(c2cc3c(c4ccccc24)-c2c(ccc4ccccc24)C32c3ccccc3N(c3ccccc3)c3ccccc32)c2cccc3c2oc2c(C(F)(F)F)cccc23)cc1. The van der Waals surface area contributed by atoms with E-state index in [0.717, 1.165) is 83.7 Å². The Bertz CT molecular complexity index is 3800. The van der Waals surface area contributed by atoms with Crippen LogP contribution in [-0.4, -0.2) is 0 Å². The van der Waals surface area contributed by atoms with Crippen molar-refractivity contribution in [1.82, 2.24) is 0 Å². The average Bonchev–Trinajstić information content (AvgIpc) is 3.89. The van der Waals surface area contributed by atoms with E-state index in [1.54, 1.807) is 18.2 Å². The van der Waals surface area contributed by atoms with Gasteiger partial charge in [-0.05, 0) is 116 Å². The molecule has 0 saturated heterocycles. The molecule has 1 aromatic heterocycles. The van der Waals surface area contributed by atoms with E-state index in [1.807, 2.05) is 42.5 Å². The van der Waals surface area contributed by atoms with Crippen LogP contribution in [0.2, 0.25) is 0 Å². The maximum Gasteiger partial charge on any atom is 0.420 e. The van der Waals surface area contributed by atoms with Crippen LogP contribution < -0.4 is 9.80 Å². The first-order valence-electron chi connectivity index (χ1n) is 21.8. The number of rotatable bonds is 4. The van der Waals surface area contributed by atoms with Crippen molar-refractivity contribution in [2.24, 2.45) is 0 Å². The number of fused-ring (bicyclic) bond motifs is 16. The smallest absolute Gasteiger partial charge is 0.420 e. The minimum Gasteiger partial charge on any atom is -0.453 e. The first-order chi connectivity index (χ1) is 32.4. The Morgan fingerprint density at radius 3 is 1.79 bits per heavy atom. The van der Waals surface area contributed by atoms with Crippen molar-refractivity contribution in [2.45, 2.75) is 11.6 Å². The molecule has 13 rings (SSSR count). The minimum atomic E-state index is -4.63. The molecule has 312 valence electrons. The summed E-state index contributed by atoms with van der Waals surface area (Å²) in [6.45, 7) is 0. The maximum atomic E-state index is 14.6. The summed E-state index contributed by atoms with van der Waals surface area (Å²) in [5, 5.41) is 15.1. The largest absolute Gasteiger partial charge is 0.453 e. The van der Waals surface area contributed by atoms with Crippen molar-refractivity contribution in [2.75, 3.05) is 9.80 Å². The van der Waals surface area contributed by atoms with E-state index in [1.165, 1.54) is 6.07 Å². The Hall–Kier alpha value is -8.60. The highest BCUT2D eigenvalue weighted by molar-refractivity contribution is 6.18. The normalized spacial score (nSPS) is 13.5. The van der Waals surface area contributed by atoms with E-state index >= 15 is 0 Å². The Balaban J connectivity index is 1.20. The molecule has 0 fully saturated rings. The fraction of sp³-hybridized carbons (Fsp3) is 0.0339. The van der Waals surface area contributed by atoms with Gasteiger partial charge in [-0.1, -0.05) is 140 Å². The Morgan fingerprint density at radius 2 is 1.08 bits per heavy atom. The summed E-state index contributed by atoms with van der Waals surface area (Å²) in [6, 6.07) is 71.0. The van der Waals surface area contributed by atoms with Gasteiger partial charge in [-0.3, -0.25) is 0 Å². The predicted molar refractivity (Wildman–Crippen MR) is 259 cm³/mol. The van der Waals surface area contributed by atoms with Gasteiger partial charge in [0, 0.05) is 27.5 Å². The second-order valence-corrected chi connectivity index (χ2v) is 17.0. The highest BCUT2D eigenvalue weighted by atomic mass is 19.4. The quantitative estimate of drug-likeness (QED) is 0.177. The van der Waals surface area contributed by atoms with E-state index in [2.05, 4.69) is 149 Å². The molecule has 10 aromatic carbocycles. The third-order valence-corrected chi connectivity index (χ3v) is 13.7. The maximum absolute atomic E-state index is 14.6. The van der Waals surface area contributed by atoms with E-state index in [4.69, 9.17) is 4.42 Å². The number of halogens is 3. The minimum absolute atomic E-state index is 0.217. The molecule has 11 aromatic rings. The van der Waals surface area contributed by atoms with Crippen LogP contribution in [0.25, 0.3) is 54.6 Å². The van der Waals surface area contributed by atoms with Gasteiger partial charge < -0.3 is 14.2 Å². The van der Waals surface area contributed by atoms with E-state index in [-0.39, 0.29) is 5.58 Å². The average molecular weight is 858 g/mol. The van der Waals surface area contributed by atoms with Gasteiger partial charge in [-0.15, -0.1) is 0 Å². The second kappa shape index (κ2) is 13.9. The van der Waals surface area contributed by atoms with Gasteiger partial charge >= 0.3 is 6.18 Å². The molecule has 0 amide bonds. The van der Waals surface area contributed by atoms with Gasteiger partial charge in [-0.25, -0.2) is 0 Å². The summed E-state index contributed by atoms with van der Waals surface area (Å²) in [4.78, 5) is 4.45. The van der Waals surface area contributed by atoms with Crippen LogP contribution in [0.15, 0.2) is 211 Å². The van der Waals surface area contributed by atoms with E-state index in [9.17, 15) is 18.4 Å². The van der Waals surface area contributed by atoms with E-state index in [0.29, 0.717) is 33.3 Å². The molecule has 1 aliphatic carbocycles. The van der Waals surface area contributed by atoms with Crippen LogP contribution in [0.1, 0.15) is 33.4 Å². The van der Waals surface area contributed by atoms with E-state index < -0.39 is 17.2 Å². The molecule has 0 radical (unpaired) electrons. The van der Waals surface area contributed by atoms with Gasteiger partial charge in [0.15, 0.2) is 5.58 Å². The summed E-state index contributed by atoms with van der Waals surface area (Å²) in [6.07, 6.45) is -4.63. The fourth-order valence-electron chi connectivity index (χ4n) is 11.1. The lowest BCUT2D eigenvalue weighted by Gasteiger charge is -2.45. The molecule has 0 atom stereocenters. The standard InChI is InChI=1S/C59H34F3N3O/c60-59(61,62)48-24-12-20-43-44-21-13-27-52(57(44)66-56(43)48)65(39-31-28-36(35-63)29-32-39)53-34-49-55(42-19-7-6-18-41(42)53)54-40-17-5-4-14-37(40)30-33-47(54)58(49)45-22-8-10-25-50(45)64(38-15-2-1-3-16-38)51-26-11-9-23-46(51)58/h1-34H. The van der Waals surface area contributed by atoms with Crippen LogP contribution in [0, 0.1) is 11.3 Å². The van der Waals surface area contributed by atoms with Gasteiger partial charge in [0.05, 0.1) is 45.4 Å². The molecular weight excluding hydrogens is 824 g/mol. The van der Waals surface area contributed by atoms with Gasteiger partial charge in [0.2, 0.25) is 0 Å². The molecule has 66 heavy (non-hydrogen) atoms. The Kier molecular flexibility index (Phi) is 8.01. The van der Waals surface area contributed by atoms with Crippen molar-refractivity contribution in [1.29, 1.82) is 5.26 Å². The number of alkyl halides is 3. The monoisotopic (exact) mass is 857 g/mol. The van der Waals surface area contributed by atoms with Crippen molar-refractivity contribution >= 4 is 77.6 Å². The molecule has 0 N–H and O–H groups in total. The number of para-hydroxylation sites is 5. The van der Waals surface area contributed by atoms with Crippen molar-refractivity contribution in [3.05, 3.63) is 240 Å². The van der Waals surface area contributed by atoms with Crippen molar-refractivity contribution < 1.29 is 17.6 Å². The lowest BCUT2D eigenvalue weighted by atomic mass is 9.64. The van der Waals surface area contributed by atoms with Crippen LogP contribution >= 0.6 is 0 Å². The molecule has 4 nitrogen and oxygen atoms in total. The molecule has 1 spiro atoms. The zero-order valence-electron chi connectivity index (χ0n) is 35.0. The molecule has 2 heterocycles. The van der Waals surface area contributed by atoms with Crippen LogP contribution in [0.4, 0.5) is 47.3 Å². The lowest BCUT2D eigenvalue weighted by Crippen LogP contribution is -2.36. The molecular formula is C59H34F3N3O. The number of benzene rings is 10. The first kappa shape index (κ1) is 37.9.